The van der Waals surface area contributed by atoms with Gasteiger partial charge in [-0.2, -0.15) is 0 Å². The summed E-state index contributed by atoms with van der Waals surface area (Å²) in [6.45, 7) is 9.54. The van der Waals surface area contributed by atoms with E-state index in [0.717, 1.165) is 6.04 Å². The molecule has 1 saturated heterocycles. The highest BCUT2D eigenvalue weighted by atomic mass is 15.3. The zero-order chi connectivity index (χ0) is 11.6. The van der Waals surface area contributed by atoms with Gasteiger partial charge in [0.25, 0.3) is 0 Å². The molecule has 0 bridgehead atoms. The molecule has 2 atom stereocenters. The van der Waals surface area contributed by atoms with Crippen LogP contribution in [0, 0.1) is 0 Å². The minimum absolute atomic E-state index is 0.515. The first kappa shape index (κ1) is 12.4. The van der Waals surface area contributed by atoms with E-state index >= 15 is 0 Å². The van der Waals surface area contributed by atoms with Crippen molar-refractivity contribution in [3.8, 4) is 0 Å². The number of nitrogens with zero attached hydrogens (tertiary/aromatic N) is 1. The Bertz CT molecular complexity index is 221. The maximum absolute atomic E-state index is 3.70. The highest BCUT2D eigenvalue weighted by molar-refractivity contribution is 5.02. The summed E-state index contributed by atoms with van der Waals surface area (Å²) in [5.74, 6) is 0. The first-order valence-corrected chi connectivity index (χ1v) is 7.18. The normalized spacial score (nSPS) is 32.1. The second-order valence-corrected chi connectivity index (χ2v) is 6.00. The van der Waals surface area contributed by atoms with Gasteiger partial charge in [0, 0.05) is 30.7 Å². The molecule has 2 nitrogen and oxygen atoms in total. The molecule has 94 valence electrons. The fraction of sp³-hybridized carbons (Fsp3) is 1.00. The average Bonchev–Trinajstić information content (AvgIpc) is 2.72. The summed E-state index contributed by atoms with van der Waals surface area (Å²) < 4.78 is 0. The molecule has 16 heavy (non-hydrogen) atoms. The molecule has 1 N–H and O–H groups in total. The van der Waals surface area contributed by atoms with Crippen LogP contribution < -0.4 is 5.32 Å². The summed E-state index contributed by atoms with van der Waals surface area (Å²) in [5, 5.41) is 3.70. The molecular weight excluding hydrogens is 196 g/mol. The lowest BCUT2D eigenvalue weighted by Crippen LogP contribution is -2.65. The van der Waals surface area contributed by atoms with Gasteiger partial charge in [-0.15, -0.1) is 0 Å². The molecule has 1 aliphatic carbocycles. The molecule has 2 aliphatic rings. The fourth-order valence-electron chi connectivity index (χ4n) is 3.74. The van der Waals surface area contributed by atoms with Gasteiger partial charge in [-0.3, -0.25) is 4.90 Å². The van der Waals surface area contributed by atoms with Crippen molar-refractivity contribution in [2.24, 2.45) is 0 Å². The van der Waals surface area contributed by atoms with Crippen molar-refractivity contribution in [1.29, 1.82) is 0 Å². The van der Waals surface area contributed by atoms with Crippen molar-refractivity contribution in [2.75, 3.05) is 13.1 Å². The highest BCUT2D eigenvalue weighted by Gasteiger charge is 2.44. The van der Waals surface area contributed by atoms with E-state index in [1.807, 2.05) is 0 Å². The lowest BCUT2D eigenvalue weighted by Gasteiger charge is -2.50. The van der Waals surface area contributed by atoms with Gasteiger partial charge in [-0.25, -0.2) is 0 Å². The predicted octanol–water partition coefficient (Wildman–Crippen LogP) is 2.78. The van der Waals surface area contributed by atoms with Gasteiger partial charge in [0.15, 0.2) is 0 Å². The molecule has 1 spiro atoms. The maximum Gasteiger partial charge on any atom is 0.0337 e. The Kier molecular flexibility index (Phi) is 3.91. The topological polar surface area (TPSA) is 15.3 Å². The summed E-state index contributed by atoms with van der Waals surface area (Å²) in [4.78, 5) is 2.84. The van der Waals surface area contributed by atoms with Crippen LogP contribution >= 0.6 is 0 Å². The van der Waals surface area contributed by atoms with Crippen molar-refractivity contribution in [3.05, 3.63) is 0 Å². The summed E-state index contributed by atoms with van der Waals surface area (Å²) in [5.41, 5.74) is 0.515. The van der Waals surface area contributed by atoms with E-state index < -0.39 is 0 Å². The summed E-state index contributed by atoms with van der Waals surface area (Å²) >= 11 is 0. The average molecular weight is 224 g/mol. The van der Waals surface area contributed by atoms with Crippen LogP contribution in [0.3, 0.4) is 0 Å². The van der Waals surface area contributed by atoms with Crippen LogP contribution in [0.1, 0.15) is 59.3 Å². The third-order valence-electron chi connectivity index (χ3n) is 4.63. The van der Waals surface area contributed by atoms with Gasteiger partial charge in [-0.1, -0.05) is 26.2 Å². The first-order chi connectivity index (χ1) is 7.68. The molecule has 0 radical (unpaired) electrons. The van der Waals surface area contributed by atoms with Gasteiger partial charge in [0.1, 0.15) is 0 Å². The molecule has 2 unspecified atom stereocenters. The Labute approximate surface area is 101 Å². The predicted molar refractivity (Wildman–Crippen MR) is 69.7 cm³/mol. The smallest absolute Gasteiger partial charge is 0.0337 e. The van der Waals surface area contributed by atoms with Crippen LogP contribution in [0.25, 0.3) is 0 Å². The number of hydrogen-bond acceptors (Lipinski definition) is 2. The quantitative estimate of drug-likeness (QED) is 0.793. The van der Waals surface area contributed by atoms with Crippen molar-refractivity contribution in [3.63, 3.8) is 0 Å². The number of hydrogen-bond donors (Lipinski definition) is 1. The molecular formula is C14H28N2. The third kappa shape index (κ3) is 2.28. The fourth-order valence-corrected chi connectivity index (χ4v) is 3.74. The van der Waals surface area contributed by atoms with Gasteiger partial charge in [-0.05, 0) is 33.1 Å². The van der Waals surface area contributed by atoms with Crippen LogP contribution in [0.4, 0.5) is 0 Å². The number of piperazine rings is 1. The van der Waals surface area contributed by atoms with E-state index in [0.29, 0.717) is 11.6 Å². The second-order valence-electron chi connectivity index (χ2n) is 6.00. The van der Waals surface area contributed by atoms with E-state index in [-0.39, 0.29) is 0 Å². The van der Waals surface area contributed by atoms with E-state index in [9.17, 15) is 0 Å². The molecule has 0 aromatic heterocycles. The van der Waals surface area contributed by atoms with Gasteiger partial charge >= 0.3 is 0 Å². The van der Waals surface area contributed by atoms with Gasteiger partial charge in [0.05, 0.1) is 0 Å². The molecule has 1 saturated carbocycles. The van der Waals surface area contributed by atoms with Gasteiger partial charge < -0.3 is 5.32 Å². The SMILES string of the molecule is CCCC(C)N1CC(C)NCC12CCCC2. The Morgan fingerprint density at radius 2 is 2.06 bits per heavy atom. The molecule has 2 fully saturated rings. The summed E-state index contributed by atoms with van der Waals surface area (Å²) in [7, 11) is 0. The van der Waals surface area contributed by atoms with E-state index in [4.69, 9.17) is 0 Å². The Balaban J connectivity index is 2.08. The van der Waals surface area contributed by atoms with E-state index in [1.165, 1.54) is 51.6 Å². The largest absolute Gasteiger partial charge is 0.311 e. The number of rotatable bonds is 3. The van der Waals surface area contributed by atoms with Crippen molar-refractivity contribution in [2.45, 2.75) is 76.9 Å². The molecule has 1 aliphatic heterocycles. The standard InChI is InChI=1S/C14H28N2/c1-4-7-13(3)16-10-12(2)15-11-14(16)8-5-6-9-14/h12-13,15H,4-11H2,1-3H3. The molecule has 1 heterocycles. The minimum Gasteiger partial charge on any atom is -0.311 e. The zero-order valence-corrected chi connectivity index (χ0v) is 11.3. The molecule has 0 amide bonds. The Morgan fingerprint density at radius 3 is 2.69 bits per heavy atom. The van der Waals surface area contributed by atoms with Crippen LogP contribution in [0.15, 0.2) is 0 Å². The first-order valence-electron chi connectivity index (χ1n) is 7.18. The highest BCUT2D eigenvalue weighted by Crippen LogP contribution is 2.38. The molecule has 0 aromatic rings. The van der Waals surface area contributed by atoms with Crippen molar-refractivity contribution >= 4 is 0 Å². The van der Waals surface area contributed by atoms with Crippen LogP contribution in [-0.2, 0) is 0 Å². The third-order valence-corrected chi connectivity index (χ3v) is 4.63. The molecule has 2 heteroatoms. The van der Waals surface area contributed by atoms with Crippen molar-refractivity contribution in [1.82, 2.24) is 10.2 Å². The van der Waals surface area contributed by atoms with Crippen LogP contribution in [-0.4, -0.2) is 35.6 Å². The molecule has 2 rings (SSSR count). The Hall–Kier alpha value is -0.0800. The van der Waals surface area contributed by atoms with Gasteiger partial charge in [0.2, 0.25) is 0 Å². The monoisotopic (exact) mass is 224 g/mol. The second kappa shape index (κ2) is 5.05. The van der Waals surface area contributed by atoms with E-state index in [2.05, 4.69) is 31.0 Å². The maximum atomic E-state index is 3.70. The van der Waals surface area contributed by atoms with E-state index in [1.54, 1.807) is 0 Å². The van der Waals surface area contributed by atoms with Crippen molar-refractivity contribution < 1.29 is 0 Å². The Morgan fingerprint density at radius 1 is 1.38 bits per heavy atom. The lowest BCUT2D eigenvalue weighted by atomic mass is 9.89. The minimum atomic E-state index is 0.515. The number of nitrogens with one attached hydrogen (secondary N) is 1. The van der Waals surface area contributed by atoms with Crippen LogP contribution in [0.2, 0.25) is 0 Å². The summed E-state index contributed by atoms with van der Waals surface area (Å²) in [6.07, 6.45) is 8.38. The molecule has 0 aromatic carbocycles. The van der Waals surface area contributed by atoms with Crippen LogP contribution in [0.5, 0.6) is 0 Å². The summed E-state index contributed by atoms with van der Waals surface area (Å²) in [6, 6.07) is 1.44. The zero-order valence-electron chi connectivity index (χ0n) is 11.3. The lowest BCUT2D eigenvalue weighted by molar-refractivity contribution is 0.0108.